The number of aliphatic hydroxyl groups excluding tert-OH is 1. The summed E-state index contributed by atoms with van der Waals surface area (Å²) in [6, 6.07) is 13.5. The molecule has 4 N–H and O–H groups in total. The summed E-state index contributed by atoms with van der Waals surface area (Å²) in [4.78, 5) is 14.5. The van der Waals surface area contributed by atoms with Crippen LogP contribution in [0.15, 0.2) is 42.5 Å². The maximum Gasteiger partial charge on any atom is 0.239 e. The molecule has 2 aliphatic rings. The van der Waals surface area contributed by atoms with Gasteiger partial charge in [-0.3, -0.25) is 9.69 Å². The molecule has 0 aliphatic carbocycles. The van der Waals surface area contributed by atoms with Crippen LogP contribution in [0, 0.1) is 5.92 Å². The molecule has 0 aromatic heterocycles. The molecule has 1 amide bonds. The maximum atomic E-state index is 12.4. The lowest BCUT2D eigenvalue weighted by molar-refractivity contribution is -0.124. The van der Waals surface area contributed by atoms with Gasteiger partial charge in [0.05, 0.1) is 7.11 Å². The van der Waals surface area contributed by atoms with Gasteiger partial charge in [-0.15, -0.1) is 0 Å². The fourth-order valence-corrected chi connectivity index (χ4v) is 5.03. The summed E-state index contributed by atoms with van der Waals surface area (Å²) >= 11 is 0. The molecule has 2 heterocycles. The van der Waals surface area contributed by atoms with Crippen LogP contribution >= 0.6 is 0 Å². The highest BCUT2D eigenvalue weighted by atomic mass is 16.6. The Balaban J connectivity index is 1.26. The first-order chi connectivity index (χ1) is 17.3. The van der Waals surface area contributed by atoms with Crippen molar-refractivity contribution in [2.75, 3.05) is 33.4 Å². The van der Waals surface area contributed by atoms with E-state index >= 15 is 0 Å². The number of carbonyl (C=O) groups is 1. The van der Waals surface area contributed by atoms with Crippen LogP contribution in [0.25, 0.3) is 0 Å². The first-order valence-electron chi connectivity index (χ1n) is 12.8. The maximum absolute atomic E-state index is 12.4. The summed E-state index contributed by atoms with van der Waals surface area (Å²) in [5, 5.41) is 14.2. The highest BCUT2D eigenvalue weighted by molar-refractivity contribution is 5.81. The van der Waals surface area contributed by atoms with Crippen LogP contribution in [0.5, 0.6) is 17.2 Å². The summed E-state index contributed by atoms with van der Waals surface area (Å²) in [5.41, 5.74) is 8.04. The molecule has 3 atom stereocenters. The van der Waals surface area contributed by atoms with E-state index in [1.165, 1.54) is 5.56 Å². The predicted molar refractivity (Wildman–Crippen MR) is 138 cm³/mol. The molecular formula is C28H39N3O5. The van der Waals surface area contributed by atoms with Crippen LogP contribution < -0.4 is 25.3 Å². The van der Waals surface area contributed by atoms with E-state index in [1.54, 1.807) is 13.2 Å². The third-order valence-electron chi connectivity index (χ3n) is 6.98. The van der Waals surface area contributed by atoms with Gasteiger partial charge in [0.25, 0.3) is 0 Å². The number of methoxy groups -OCH3 is 1. The second-order valence-electron chi connectivity index (χ2n) is 10.2. The van der Waals surface area contributed by atoms with E-state index in [0.29, 0.717) is 29.7 Å². The van der Waals surface area contributed by atoms with Gasteiger partial charge in [0.15, 0.2) is 17.6 Å². The van der Waals surface area contributed by atoms with Crippen LogP contribution in [0.1, 0.15) is 43.9 Å². The molecular weight excluding hydrogens is 458 g/mol. The molecule has 0 spiro atoms. The van der Waals surface area contributed by atoms with Crippen molar-refractivity contribution in [2.24, 2.45) is 11.7 Å². The number of nitrogens with two attached hydrogens (primary N) is 1. The van der Waals surface area contributed by atoms with Gasteiger partial charge in [-0.05, 0) is 48.4 Å². The normalized spacial score (nSPS) is 20.2. The Kier molecular flexibility index (Phi) is 8.72. The Morgan fingerprint density at radius 3 is 2.53 bits per heavy atom. The topological polar surface area (TPSA) is 106 Å². The van der Waals surface area contributed by atoms with Crippen molar-refractivity contribution in [3.8, 4) is 17.2 Å². The number of ether oxygens (including phenoxy) is 3. The number of piperidine rings is 1. The lowest BCUT2D eigenvalue weighted by Crippen LogP contribution is -2.50. The highest BCUT2D eigenvalue weighted by Gasteiger charge is 2.32. The van der Waals surface area contributed by atoms with Crippen LogP contribution in [0.3, 0.4) is 0 Å². The monoisotopic (exact) mass is 497 g/mol. The second kappa shape index (κ2) is 12.0. The molecule has 36 heavy (non-hydrogen) atoms. The van der Waals surface area contributed by atoms with Crippen molar-refractivity contribution in [2.45, 2.75) is 57.4 Å². The molecule has 3 unspecified atom stereocenters. The molecule has 8 heteroatoms. The number of amides is 1. The van der Waals surface area contributed by atoms with E-state index in [-0.39, 0.29) is 18.6 Å². The number of nitrogens with zero attached hydrogens (tertiary/aromatic N) is 1. The number of likely N-dealkylation sites (tertiary alicyclic amines) is 1. The van der Waals surface area contributed by atoms with E-state index in [2.05, 4.69) is 36.2 Å². The molecule has 0 saturated carbocycles. The quantitative estimate of drug-likeness (QED) is 0.463. The van der Waals surface area contributed by atoms with Gasteiger partial charge < -0.3 is 30.4 Å². The number of benzene rings is 2. The summed E-state index contributed by atoms with van der Waals surface area (Å²) in [6.45, 7) is 6.59. The number of primary amides is 1. The van der Waals surface area contributed by atoms with Crippen LogP contribution in [-0.4, -0.2) is 67.5 Å². The lowest BCUT2D eigenvalue weighted by atomic mass is 9.96. The molecule has 0 radical (unpaired) electrons. The predicted octanol–water partition coefficient (Wildman–Crippen LogP) is 2.68. The molecule has 8 nitrogen and oxygen atoms in total. The average Bonchev–Trinajstić information content (AvgIpc) is 2.88. The standard InChI is InChI=1S/C28H39N3O5/c1-18(2)14-19-4-6-20(7-5-19)27(28(29)33)31-12-10-21(11-13-31)30-16-23(32)26-17-35-24-9-8-22(34-3)15-25(24)36-26/h4-9,15,18,21,23,26-27,30,32H,10-14,16-17H2,1-3H3,(H2,29,33). The van der Waals surface area contributed by atoms with E-state index < -0.39 is 18.2 Å². The Morgan fingerprint density at radius 1 is 1.17 bits per heavy atom. The Labute approximate surface area is 213 Å². The molecule has 2 aromatic carbocycles. The molecule has 1 fully saturated rings. The van der Waals surface area contributed by atoms with Gasteiger partial charge in [-0.2, -0.15) is 0 Å². The zero-order valence-corrected chi connectivity index (χ0v) is 21.5. The lowest BCUT2D eigenvalue weighted by Gasteiger charge is -2.37. The number of aliphatic hydroxyl groups is 1. The molecule has 2 aliphatic heterocycles. The Bertz CT molecular complexity index is 1000. The minimum atomic E-state index is -0.717. The fraction of sp³-hybridized carbons (Fsp3) is 0.536. The fourth-order valence-electron chi connectivity index (χ4n) is 5.03. The number of hydrogen-bond donors (Lipinski definition) is 3. The number of carbonyl (C=O) groups excluding carboxylic acids is 1. The van der Waals surface area contributed by atoms with Gasteiger partial charge in [-0.1, -0.05) is 38.1 Å². The Morgan fingerprint density at radius 2 is 1.89 bits per heavy atom. The zero-order chi connectivity index (χ0) is 25.7. The molecule has 0 bridgehead atoms. The SMILES string of the molecule is COc1ccc2c(c1)OC(C(O)CNC1CCN(C(C(N)=O)c3ccc(CC(C)C)cc3)CC1)CO2. The average molecular weight is 498 g/mol. The van der Waals surface area contributed by atoms with E-state index in [9.17, 15) is 9.90 Å². The van der Waals surface area contributed by atoms with E-state index in [4.69, 9.17) is 19.9 Å². The van der Waals surface area contributed by atoms with E-state index in [0.717, 1.165) is 37.9 Å². The second-order valence-corrected chi connectivity index (χ2v) is 10.2. The minimum absolute atomic E-state index is 0.245. The van der Waals surface area contributed by atoms with Crippen LogP contribution in [-0.2, 0) is 11.2 Å². The first kappa shape index (κ1) is 26.3. The number of nitrogens with one attached hydrogen (secondary N) is 1. The largest absolute Gasteiger partial charge is 0.497 e. The van der Waals surface area contributed by atoms with Gasteiger partial charge in [0, 0.05) is 31.7 Å². The molecule has 4 rings (SSSR count). The van der Waals surface area contributed by atoms with Gasteiger partial charge in [0.1, 0.15) is 24.5 Å². The van der Waals surface area contributed by atoms with Crippen molar-refractivity contribution < 1.29 is 24.1 Å². The van der Waals surface area contributed by atoms with Crippen molar-refractivity contribution in [3.05, 3.63) is 53.6 Å². The highest BCUT2D eigenvalue weighted by Crippen LogP contribution is 2.35. The number of rotatable bonds is 10. The van der Waals surface area contributed by atoms with E-state index in [1.807, 2.05) is 24.3 Å². The molecule has 2 aromatic rings. The summed E-state index contributed by atoms with van der Waals surface area (Å²) in [5.74, 6) is 2.17. The summed E-state index contributed by atoms with van der Waals surface area (Å²) < 4.78 is 17.0. The van der Waals surface area contributed by atoms with Crippen molar-refractivity contribution in [1.29, 1.82) is 0 Å². The Hall–Kier alpha value is -2.81. The first-order valence-corrected chi connectivity index (χ1v) is 12.8. The van der Waals surface area contributed by atoms with Crippen molar-refractivity contribution in [1.82, 2.24) is 10.2 Å². The van der Waals surface area contributed by atoms with Crippen LogP contribution in [0.4, 0.5) is 0 Å². The van der Waals surface area contributed by atoms with Gasteiger partial charge >= 0.3 is 0 Å². The van der Waals surface area contributed by atoms with Gasteiger partial charge in [0.2, 0.25) is 5.91 Å². The zero-order valence-electron chi connectivity index (χ0n) is 21.5. The molecule has 196 valence electrons. The summed E-state index contributed by atoms with van der Waals surface area (Å²) in [7, 11) is 1.60. The van der Waals surface area contributed by atoms with Crippen molar-refractivity contribution in [3.63, 3.8) is 0 Å². The van der Waals surface area contributed by atoms with Gasteiger partial charge in [-0.25, -0.2) is 0 Å². The van der Waals surface area contributed by atoms with Crippen molar-refractivity contribution >= 4 is 5.91 Å². The smallest absolute Gasteiger partial charge is 0.239 e. The minimum Gasteiger partial charge on any atom is -0.497 e. The number of hydrogen-bond acceptors (Lipinski definition) is 7. The molecule has 1 saturated heterocycles. The number of fused-ring (bicyclic) bond motifs is 1. The third-order valence-corrected chi connectivity index (χ3v) is 6.98. The summed E-state index contributed by atoms with van der Waals surface area (Å²) in [6.07, 6.45) is 1.57. The van der Waals surface area contributed by atoms with Crippen LogP contribution in [0.2, 0.25) is 0 Å². The third kappa shape index (κ3) is 6.49.